The third-order valence-corrected chi connectivity index (χ3v) is 3.40. The van der Waals surface area contributed by atoms with Crippen molar-refractivity contribution in [2.75, 3.05) is 6.61 Å². The van der Waals surface area contributed by atoms with Gasteiger partial charge >= 0.3 is 0 Å². The highest BCUT2D eigenvalue weighted by Gasteiger charge is 2.01. The fourth-order valence-electron chi connectivity index (χ4n) is 1.72. The molecule has 0 heterocycles. The zero-order valence-electron chi connectivity index (χ0n) is 11.3. The molecule has 2 aromatic carbocycles. The lowest BCUT2D eigenvalue weighted by Gasteiger charge is -2.06. The molecule has 0 fully saturated rings. The Labute approximate surface area is 128 Å². The van der Waals surface area contributed by atoms with Crippen molar-refractivity contribution in [1.82, 2.24) is 0 Å². The number of hydrogen-bond acceptors (Lipinski definition) is 2. The van der Waals surface area contributed by atoms with Gasteiger partial charge in [-0.05, 0) is 58.2 Å². The van der Waals surface area contributed by atoms with Gasteiger partial charge in [0.25, 0.3) is 0 Å². The van der Waals surface area contributed by atoms with Crippen molar-refractivity contribution in [3.05, 3.63) is 70.7 Å². The fourth-order valence-corrected chi connectivity index (χ4v) is 2.23. The van der Waals surface area contributed by atoms with E-state index in [4.69, 9.17) is 4.74 Å². The normalized spacial score (nSPS) is 10.7. The van der Waals surface area contributed by atoms with Gasteiger partial charge in [-0.3, -0.25) is 4.99 Å². The number of halogens is 1. The Morgan fingerprint density at radius 1 is 1.25 bits per heavy atom. The van der Waals surface area contributed by atoms with Crippen LogP contribution >= 0.6 is 15.9 Å². The molecule has 3 heteroatoms. The molecule has 0 atom stereocenters. The molecule has 20 heavy (non-hydrogen) atoms. The maximum atomic E-state index is 5.51. The monoisotopic (exact) mass is 329 g/mol. The summed E-state index contributed by atoms with van der Waals surface area (Å²) in [5, 5.41) is 0. The van der Waals surface area contributed by atoms with E-state index in [0.29, 0.717) is 6.61 Å². The van der Waals surface area contributed by atoms with Gasteiger partial charge in [-0.15, -0.1) is 0 Å². The van der Waals surface area contributed by atoms with Crippen molar-refractivity contribution < 1.29 is 4.74 Å². The Kier molecular flexibility index (Phi) is 5.13. The van der Waals surface area contributed by atoms with Crippen LogP contribution in [0.1, 0.15) is 11.1 Å². The minimum absolute atomic E-state index is 0.495. The molecule has 2 rings (SSSR count). The zero-order chi connectivity index (χ0) is 14.4. The molecule has 0 N–H and O–H groups in total. The van der Waals surface area contributed by atoms with E-state index >= 15 is 0 Å². The number of benzene rings is 2. The molecular weight excluding hydrogens is 314 g/mol. The van der Waals surface area contributed by atoms with Gasteiger partial charge < -0.3 is 4.74 Å². The van der Waals surface area contributed by atoms with Crippen LogP contribution in [0.3, 0.4) is 0 Å². The summed E-state index contributed by atoms with van der Waals surface area (Å²) in [7, 11) is 0. The molecule has 0 aliphatic heterocycles. The third kappa shape index (κ3) is 3.81. The molecule has 0 aliphatic rings. The van der Waals surface area contributed by atoms with Crippen LogP contribution < -0.4 is 4.74 Å². The quantitative estimate of drug-likeness (QED) is 0.554. The van der Waals surface area contributed by atoms with Crippen LogP contribution in [-0.4, -0.2) is 12.8 Å². The Hall–Kier alpha value is -1.87. The number of ether oxygens (including phenoxy) is 1. The lowest BCUT2D eigenvalue weighted by molar-refractivity contribution is 0.361. The minimum atomic E-state index is 0.495. The Bertz CT molecular complexity index is 635. The first-order valence-electron chi connectivity index (χ1n) is 6.33. The molecular formula is C17H16BrNO. The number of nitrogens with zero attached hydrogens (tertiary/aromatic N) is 1. The van der Waals surface area contributed by atoms with Gasteiger partial charge in [0.15, 0.2) is 0 Å². The largest absolute Gasteiger partial charge is 0.488 e. The third-order valence-electron chi connectivity index (χ3n) is 2.78. The van der Waals surface area contributed by atoms with Crippen molar-refractivity contribution >= 4 is 27.8 Å². The molecule has 0 aliphatic carbocycles. The summed E-state index contributed by atoms with van der Waals surface area (Å²) < 4.78 is 6.42. The summed E-state index contributed by atoms with van der Waals surface area (Å²) in [5.74, 6) is 0.804. The highest BCUT2D eigenvalue weighted by molar-refractivity contribution is 9.10. The van der Waals surface area contributed by atoms with E-state index < -0.39 is 0 Å². The number of para-hydroxylation sites is 1. The van der Waals surface area contributed by atoms with Crippen LogP contribution in [0.2, 0.25) is 0 Å². The standard InChI is InChI=1S/C17H16BrNO/c1-3-10-20-17-9-8-14(11-15(17)18)12-19-16-7-5-4-6-13(16)2/h3-9,11-12H,1,10H2,2H3. The number of rotatable bonds is 5. The maximum Gasteiger partial charge on any atom is 0.133 e. The molecule has 0 aromatic heterocycles. The second-order valence-corrected chi connectivity index (χ2v) is 5.19. The summed E-state index contributed by atoms with van der Waals surface area (Å²) in [6, 6.07) is 13.9. The lowest BCUT2D eigenvalue weighted by Crippen LogP contribution is -1.94. The summed E-state index contributed by atoms with van der Waals surface area (Å²) in [4.78, 5) is 4.51. The van der Waals surface area contributed by atoms with Gasteiger partial charge in [-0.2, -0.15) is 0 Å². The van der Waals surface area contributed by atoms with Crippen molar-refractivity contribution in [3.63, 3.8) is 0 Å². The van der Waals surface area contributed by atoms with E-state index in [0.717, 1.165) is 27.0 Å². The summed E-state index contributed by atoms with van der Waals surface area (Å²) in [5.41, 5.74) is 3.16. The van der Waals surface area contributed by atoms with E-state index in [-0.39, 0.29) is 0 Å². The van der Waals surface area contributed by atoms with E-state index in [1.165, 1.54) is 0 Å². The van der Waals surface area contributed by atoms with E-state index in [2.05, 4.69) is 40.5 Å². The average molecular weight is 330 g/mol. The molecule has 102 valence electrons. The smallest absolute Gasteiger partial charge is 0.133 e. The number of aryl methyl sites for hydroxylation is 1. The predicted octanol–water partition coefficient (Wildman–Crippen LogP) is 5.07. The van der Waals surface area contributed by atoms with Crippen LogP contribution in [-0.2, 0) is 0 Å². The zero-order valence-corrected chi connectivity index (χ0v) is 12.9. The first kappa shape index (κ1) is 14.5. The molecule has 0 spiro atoms. The van der Waals surface area contributed by atoms with Gasteiger partial charge in [0.2, 0.25) is 0 Å². The summed E-state index contributed by atoms with van der Waals surface area (Å²) >= 11 is 3.50. The van der Waals surface area contributed by atoms with E-state index in [1.54, 1.807) is 6.08 Å². The van der Waals surface area contributed by atoms with E-state index in [9.17, 15) is 0 Å². The Balaban J connectivity index is 2.16. The first-order chi connectivity index (χ1) is 9.70. The topological polar surface area (TPSA) is 21.6 Å². The van der Waals surface area contributed by atoms with Crippen molar-refractivity contribution in [2.24, 2.45) is 4.99 Å². The van der Waals surface area contributed by atoms with Gasteiger partial charge in [-0.1, -0.05) is 30.9 Å². The van der Waals surface area contributed by atoms with Crippen LogP contribution in [0.5, 0.6) is 5.75 Å². The van der Waals surface area contributed by atoms with Gasteiger partial charge in [0.05, 0.1) is 10.2 Å². The summed E-state index contributed by atoms with van der Waals surface area (Å²) in [6.45, 7) is 6.18. The number of hydrogen-bond donors (Lipinski definition) is 0. The van der Waals surface area contributed by atoms with E-state index in [1.807, 2.05) is 42.6 Å². The highest BCUT2D eigenvalue weighted by atomic mass is 79.9. The van der Waals surface area contributed by atoms with Gasteiger partial charge in [0, 0.05) is 6.21 Å². The highest BCUT2D eigenvalue weighted by Crippen LogP contribution is 2.26. The van der Waals surface area contributed by atoms with Crippen molar-refractivity contribution in [2.45, 2.75) is 6.92 Å². The van der Waals surface area contributed by atoms with Crippen molar-refractivity contribution in [3.8, 4) is 5.75 Å². The first-order valence-corrected chi connectivity index (χ1v) is 7.13. The minimum Gasteiger partial charge on any atom is -0.488 e. The second-order valence-electron chi connectivity index (χ2n) is 4.33. The SMILES string of the molecule is C=CCOc1ccc(C=Nc2ccccc2C)cc1Br. The van der Waals surface area contributed by atoms with Crippen molar-refractivity contribution in [1.29, 1.82) is 0 Å². The molecule has 0 bridgehead atoms. The predicted molar refractivity (Wildman–Crippen MR) is 88.3 cm³/mol. The van der Waals surface area contributed by atoms with Crippen LogP contribution in [0.4, 0.5) is 5.69 Å². The van der Waals surface area contributed by atoms with Gasteiger partial charge in [0.1, 0.15) is 12.4 Å². The van der Waals surface area contributed by atoms with Crippen LogP contribution in [0.25, 0.3) is 0 Å². The molecule has 0 saturated heterocycles. The second kappa shape index (κ2) is 7.06. The molecule has 0 amide bonds. The van der Waals surface area contributed by atoms with Crippen LogP contribution in [0, 0.1) is 6.92 Å². The average Bonchev–Trinajstić information content (AvgIpc) is 2.45. The molecule has 0 saturated carbocycles. The van der Waals surface area contributed by atoms with Gasteiger partial charge in [-0.25, -0.2) is 0 Å². The Morgan fingerprint density at radius 3 is 2.75 bits per heavy atom. The summed E-state index contributed by atoms with van der Waals surface area (Å²) in [6.07, 6.45) is 3.57. The molecule has 0 radical (unpaired) electrons. The Morgan fingerprint density at radius 2 is 2.05 bits per heavy atom. The number of aliphatic imine (C=N–C) groups is 1. The van der Waals surface area contributed by atoms with Crippen LogP contribution in [0.15, 0.2) is 64.6 Å². The lowest BCUT2D eigenvalue weighted by atomic mass is 10.2. The molecule has 2 nitrogen and oxygen atoms in total. The molecule has 0 unspecified atom stereocenters. The molecule has 2 aromatic rings. The maximum absolute atomic E-state index is 5.51. The fraction of sp³-hybridized carbons (Fsp3) is 0.118.